The molecule has 0 radical (unpaired) electrons. The van der Waals surface area contributed by atoms with Gasteiger partial charge in [0, 0.05) is 27.8 Å². The van der Waals surface area contributed by atoms with E-state index in [1.165, 1.54) is 72.0 Å². The number of fused-ring (bicyclic) bond motifs is 8. The van der Waals surface area contributed by atoms with Gasteiger partial charge in [-0.25, -0.2) is 0 Å². The van der Waals surface area contributed by atoms with Crippen molar-refractivity contribution in [3.63, 3.8) is 0 Å². The monoisotopic (exact) mass is 853 g/mol. The van der Waals surface area contributed by atoms with E-state index in [2.05, 4.69) is 260 Å². The molecule has 2 heteroatoms. The molecule has 0 bridgehead atoms. The van der Waals surface area contributed by atoms with Crippen molar-refractivity contribution in [2.24, 2.45) is 0 Å². The maximum atomic E-state index is 6.32. The van der Waals surface area contributed by atoms with E-state index in [1.54, 1.807) is 0 Å². The molecule has 1 heterocycles. The molecule has 0 fully saturated rings. The van der Waals surface area contributed by atoms with Gasteiger partial charge in [0.15, 0.2) is 0 Å². The van der Waals surface area contributed by atoms with Gasteiger partial charge in [-0.3, -0.25) is 0 Å². The maximum Gasteiger partial charge on any atom is 0.135 e. The van der Waals surface area contributed by atoms with Crippen molar-refractivity contribution in [2.75, 3.05) is 4.90 Å². The van der Waals surface area contributed by atoms with Crippen molar-refractivity contribution in [3.05, 3.63) is 283 Å². The largest absolute Gasteiger partial charge is 0.456 e. The Morgan fingerprint density at radius 3 is 1.42 bits per heavy atom. The van der Waals surface area contributed by atoms with E-state index in [4.69, 9.17) is 4.42 Å². The van der Waals surface area contributed by atoms with Crippen LogP contribution in [-0.2, 0) is 5.41 Å². The van der Waals surface area contributed by atoms with Gasteiger partial charge in [0.05, 0.1) is 5.41 Å². The lowest BCUT2D eigenvalue weighted by Crippen LogP contribution is -2.28. The van der Waals surface area contributed by atoms with Crippen molar-refractivity contribution >= 4 is 49.8 Å². The first kappa shape index (κ1) is 38.7. The first-order valence-corrected chi connectivity index (χ1v) is 23.1. The van der Waals surface area contributed by atoms with Crippen LogP contribution < -0.4 is 4.90 Å². The molecule has 2 nitrogen and oxygen atoms in total. The Labute approximate surface area is 390 Å². The average Bonchev–Trinajstić information content (AvgIpc) is 3.93. The van der Waals surface area contributed by atoms with Crippen LogP contribution in [0.3, 0.4) is 0 Å². The van der Waals surface area contributed by atoms with E-state index in [9.17, 15) is 0 Å². The van der Waals surface area contributed by atoms with Crippen LogP contribution in [0.4, 0.5) is 17.1 Å². The van der Waals surface area contributed by atoms with Crippen LogP contribution in [0.15, 0.2) is 265 Å². The fraction of sp³-hybridized carbons (Fsp3) is 0.0154. The topological polar surface area (TPSA) is 16.4 Å². The highest BCUT2D eigenvalue weighted by Crippen LogP contribution is 2.59. The van der Waals surface area contributed by atoms with Crippen LogP contribution in [0.1, 0.15) is 22.3 Å². The molecule has 0 spiro atoms. The zero-order valence-corrected chi connectivity index (χ0v) is 36.7. The van der Waals surface area contributed by atoms with Crippen LogP contribution in [-0.4, -0.2) is 0 Å². The minimum Gasteiger partial charge on any atom is -0.456 e. The zero-order valence-electron chi connectivity index (χ0n) is 36.7. The van der Waals surface area contributed by atoms with E-state index in [1.807, 2.05) is 6.07 Å². The molecule has 0 N–H and O–H groups in total. The maximum absolute atomic E-state index is 6.32. The molecule has 11 aromatic carbocycles. The summed E-state index contributed by atoms with van der Waals surface area (Å²) in [5.74, 6) is 0. The minimum absolute atomic E-state index is 0.607. The molecule has 0 atom stereocenters. The standard InChI is InChI=1S/C65H43NO/c1-5-17-44(18-6-1)45-29-35-52(36-30-45)66(51-23-11-4-12-24-51)53-37-31-46(32-38-53)47-33-39-57-60(42-47)65(49-19-7-2-8-20-49,50-21-9-3-10-22-50)61-43-58(54-25-13-14-27-56(54)64(57)61)48-34-40-63-59(41-48)55-26-15-16-28-62(55)67-63/h1-43H. The van der Waals surface area contributed by atoms with Crippen molar-refractivity contribution in [3.8, 4) is 44.5 Å². The summed E-state index contributed by atoms with van der Waals surface area (Å²) in [5, 5.41) is 4.73. The Morgan fingerprint density at radius 1 is 0.284 bits per heavy atom. The Kier molecular flexibility index (Phi) is 9.11. The fourth-order valence-electron chi connectivity index (χ4n) is 10.9. The van der Waals surface area contributed by atoms with Crippen LogP contribution >= 0.6 is 0 Å². The normalized spacial score (nSPS) is 12.6. The molecule has 0 amide bonds. The second kappa shape index (κ2) is 15.8. The van der Waals surface area contributed by atoms with E-state index in [-0.39, 0.29) is 0 Å². The molecule has 1 aliphatic carbocycles. The second-order valence-corrected chi connectivity index (χ2v) is 17.6. The second-order valence-electron chi connectivity index (χ2n) is 17.6. The van der Waals surface area contributed by atoms with Gasteiger partial charge < -0.3 is 9.32 Å². The van der Waals surface area contributed by atoms with Crippen molar-refractivity contribution < 1.29 is 4.42 Å². The number of rotatable bonds is 8. The number of para-hydroxylation sites is 2. The zero-order chi connectivity index (χ0) is 44.3. The molecule has 13 rings (SSSR count). The summed E-state index contributed by atoms with van der Waals surface area (Å²) in [6.45, 7) is 0. The highest BCUT2D eigenvalue weighted by Gasteiger charge is 2.47. The summed E-state index contributed by atoms with van der Waals surface area (Å²) >= 11 is 0. The molecule has 67 heavy (non-hydrogen) atoms. The van der Waals surface area contributed by atoms with Crippen LogP contribution in [0.25, 0.3) is 77.2 Å². The van der Waals surface area contributed by atoms with E-state index >= 15 is 0 Å². The first-order chi connectivity index (χ1) is 33.2. The Balaban J connectivity index is 0.986. The highest BCUT2D eigenvalue weighted by atomic mass is 16.3. The molecule has 1 aromatic heterocycles. The van der Waals surface area contributed by atoms with Gasteiger partial charge in [-0.15, -0.1) is 0 Å². The number of anilines is 3. The number of hydrogen-bond donors (Lipinski definition) is 0. The summed E-state index contributed by atoms with van der Waals surface area (Å²) in [5.41, 5.74) is 19.2. The van der Waals surface area contributed by atoms with Crippen molar-refractivity contribution in [1.29, 1.82) is 0 Å². The number of furan rings is 1. The number of hydrogen-bond acceptors (Lipinski definition) is 2. The van der Waals surface area contributed by atoms with E-state index in [0.717, 1.165) is 44.6 Å². The Morgan fingerprint density at radius 2 is 0.761 bits per heavy atom. The van der Waals surface area contributed by atoms with E-state index in [0.29, 0.717) is 0 Å². The predicted octanol–water partition coefficient (Wildman–Crippen LogP) is 17.6. The molecular weight excluding hydrogens is 811 g/mol. The SMILES string of the molecule is c1ccc(-c2ccc(N(c3ccccc3)c3ccc(-c4ccc5c(c4)C(c4ccccc4)(c4ccccc4)c4cc(-c6ccc7oc8ccccc8c7c6)c6ccccc6c4-5)cc3)cc2)cc1. The summed E-state index contributed by atoms with van der Waals surface area (Å²) < 4.78 is 6.32. The summed E-state index contributed by atoms with van der Waals surface area (Å²) in [6, 6.07) is 95.1. The van der Waals surface area contributed by atoms with Gasteiger partial charge in [0.1, 0.15) is 11.2 Å². The van der Waals surface area contributed by atoms with Gasteiger partial charge in [-0.2, -0.15) is 0 Å². The molecule has 1 aliphatic rings. The minimum atomic E-state index is -0.607. The predicted molar refractivity (Wildman–Crippen MR) is 280 cm³/mol. The quantitative estimate of drug-likeness (QED) is 0.151. The third kappa shape index (κ3) is 6.26. The van der Waals surface area contributed by atoms with Gasteiger partial charge in [-0.1, -0.05) is 194 Å². The third-order valence-electron chi connectivity index (χ3n) is 13.9. The van der Waals surface area contributed by atoms with Gasteiger partial charge >= 0.3 is 0 Å². The van der Waals surface area contributed by atoms with Crippen molar-refractivity contribution in [1.82, 2.24) is 0 Å². The molecule has 12 aromatic rings. The summed E-state index contributed by atoms with van der Waals surface area (Å²) in [6.07, 6.45) is 0. The Hall–Kier alpha value is -8.72. The highest BCUT2D eigenvalue weighted by molar-refractivity contribution is 6.12. The molecule has 314 valence electrons. The van der Waals surface area contributed by atoms with Crippen LogP contribution in [0, 0.1) is 0 Å². The van der Waals surface area contributed by atoms with Gasteiger partial charge in [-0.05, 0) is 144 Å². The lowest BCUT2D eigenvalue weighted by Gasteiger charge is -2.34. The summed E-state index contributed by atoms with van der Waals surface area (Å²) in [7, 11) is 0. The van der Waals surface area contributed by atoms with Gasteiger partial charge in [0.2, 0.25) is 0 Å². The molecule has 0 unspecified atom stereocenters. The fourth-order valence-corrected chi connectivity index (χ4v) is 10.9. The van der Waals surface area contributed by atoms with Crippen molar-refractivity contribution in [2.45, 2.75) is 5.41 Å². The van der Waals surface area contributed by atoms with Crippen LogP contribution in [0.2, 0.25) is 0 Å². The summed E-state index contributed by atoms with van der Waals surface area (Å²) in [4.78, 5) is 2.34. The Bertz CT molecular complexity index is 3720. The first-order valence-electron chi connectivity index (χ1n) is 23.1. The molecule has 0 aliphatic heterocycles. The molecular formula is C65H43NO. The van der Waals surface area contributed by atoms with Crippen LogP contribution in [0.5, 0.6) is 0 Å². The average molecular weight is 854 g/mol. The molecule has 0 saturated carbocycles. The molecule has 0 saturated heterocycles. The number of nitrogens with zero attached hydrogens (tertiary/aromatic N) is 1. The lowest BCUT2D eigenvalue weighted by molar-refractivity contribution is 0.669. The van der Waals surface area contributed by atoms with E-state index < -0.39 is 5.41 Å². The van der Waals surface area contributed by atoms with Gasteiger partial charge in [0.25, 0.3) is 0 Å². The number of benzene rings is 11. The lowest BCUT2D eigenvalue weighted by atomic mass is 9.67. The third-order valence-corrected chi connectivity index (χ3v) is 13.9. The smallest absolute Gasteiger partial charge is 0.135 e.